The number of rotatable bonds is 3. The summed E-state index contributed by atoms with van der Waals surface area (Å²) >= 11 is 2.05. The second-order valence-corrected chi connectivity index (χ2v) is 4.57. The molecule has 3 nitrogen and oxygen atoms in total. The van der Waals surface area contributed by atoms with Crippen LogP contribution in [0.25, 0.3) is 0 Å². The van der Waals surface area contributed by atoms with Crippen LogP contribution in [-0.2, 0) is 11.1 Å². The summed E-state index contributed by atoms with van der Waals surface area (Å²) < 4.78 is 19.6. The van der Waals surface area contributed by atoms with E-state index in [4.69, 9.17) is 4.55 Å². The first-order valence-corrected chi connectivity index (χ1v) is 6.05. The van der Waals surface area contributed by atoms with E-state index < -0.39 is 11.1 Å². The van der Waals surface area contributed by atoms with E-state index in [1.54, 1.807) is 11.4 Å². The van der Waals surface area contributed by atoms with Crippen LogP contribution in [0.3, 0.4) is 0 Å². The molecule has 0 aromatic carbocycles. The molecular weight excluding hydrogens is 264 g/mol. The maximum atomic E-state index is 11.1. The van der Waals surface area contributed by atoms with E-state index in [9.17, 15) is 9.00 Å². The van der Waals surface area contributed by atoms with Crippen molar-refractivity contribution in [2.75, 3.05) is 5.33 Å². The molecule has 0 spiro atoms. The van der Waals surface area contributed by atoms with Gasteiger partial charge in [-0.15, -0.1) is 11.3 Å². The van der Waals surface area contributed by atoms with Crippen LogP contribution in [0, 0.1) is 0 Å². The Hall–Kier alpha value is -0.0400. The Balaban J connectivity index is 3.07. The Bertz CT molecular complexity index is 320. The Morgan fingerprint density at radius 2 is 2.42 bits per heavy atom. The molecule has 66 valence electrons. The molecule has 1 aromatic rings. The molecule has 0 aliphatic rings. The van der Waals surface area contributed by atoms with Crippen molar-refractivity contribution in [1.29, 1.82) is 0 Å². The van der Waals surface area contributed by atoms with Gasteiger partial charge in [0.15, 0.2) is 16.9 Å². The third-order valence-corrected chi connectivity index (χ3v) is 3.68. The third-order valence-electron chi connectivity index (χ3n) is 1.21. The van der Waals surface area contributed by atoms with Crippen LogP contribution < -0.4 is 0 Å². The number of ketones is 1. The van der Waals surface area contributed by atoms with Gasteiger partial charge in [-0.25, -0.2) is 4.21 Å². The number of carbonyl (C=O) groups is 1. The Morgan fingerprint density at radius 1 is 1.75 bits per heavy atom. The van der Waals surface area contributed by atoms with Gasteiger partial charge in [-0.1, -0.05) is 15.9 Å². The highest BCUT2D eigenvalue weighted by molar-refractivity contribution is 9.09. The molecule has 0 bridgehead atoms. The molecule has 0 saturated carbocycles. The predicted octanol–water partition coefficient (Wildman–Crippen LogP) is 1.91. The molecular formula is C6H5BrO3S2. The lowest BCUT2D eigenvalue weighted by molar-refractivity contribution is 0.102. The summed E-state index contributed by atoms with van der Waals surface area (Å²) in [5.74, 6) is -0.173. The highest BCUT2D eigenvalue weighted by Gasteiger charge is 2.14. The summed E-state index contributed by atoms with van der Waals surface area (Å²) in [4.78, 5) is 11.1. The molecule has 0 saturated heterocycles. The molecule has 0 amide bonds. The number of hydrogen-bond acceptors (Lipinski definition) is 3. The summed E-state index contributed by atoms with van der Waals surface area (Å²) in [7, 11) is 0. The molecule has 1 atom stereocenters. The average molecular weight is 269 g/mol. The molecule has 1 unspecified atom stereocenters. The fourth-order valence-corrected chi connectivity index (χ4v) is 2.51. The summed E-state index contributed by atoms with van der Waals surface area (Å²) in [5.41, 5.74) is 0.331. The maximum absolute atomic E-state index is 11.1. The number of hydrogen-bond donors (Lipinski definition) is 1. The van der Waals surface area contributed by atoms with Crippen molar-refractivity contribution in [3.8, 4) is 0 Å². The number of carbonyl (C=O) groups excluding carboxylic acids is 1. The summed E-state index contributed by atoms with van der Waals surface area (Å²) in [6, 6.07) is 1.55. The van der Waals surface area contributed by atoms with E-state index in [0.29, 0.717) is 5.56 Å². The second-order valence-electron chi connectivity index (χ2n) is 1.93. The smallest absolute Gasteiger partial charge is 0.197 e. The SMILES string of the molecule is O=C(CBr)c1ccsc1S(=O)O. The van der Waals surface area contributed by atoms with Crippen molar-refractivity contribution in [2.24, 2.45) is 0 Å². The number of alkyl halides is 1. The molecule has 1 heterocycles. The van der Waals surface area contributed by atoms with Crippen LogP contribution in [-0.4, -0.2) is 19.9 Å². The van der Waals surface area contributed by atoms with Crippen LogP contribution in [0.2, 0.25) is 0 Å². The molecule has 0 aliphatic carbocycles. The summed E-state index contributed by atoms with van der Waals surface area (Å²) in [5, 5.41) is 1.80. The second kappa shape index (κ2) is 4.27. The van der Waals surface area contributed by atoms with Crippen molar-refractivity contribution in [1.82, 2.24) is 0 Å². The van der Waals surface area contributed by atoms with Gasteiger partial charge in [0.1, 0.15) is 4.21 Å². The normalized spacial score (nSPS) is 12.8. The summed E-state index contributed by atoms with van der Waals surface area (Å²) in [6.07, 6.45) is 0. The molecule has 0 radical (unpaired) electrons. The number of thiophene rings is 1. The Morgan fingerprint density at radius 3 is 2.92 bits per heavy atom. The zero-order chi connectivity index (χ0) is 9.14. The van der Waals surface area contributed by atoms with Crippen LogP contribution in [0.5, 0.6) is 0 Å². The van der Waals surface area contributed by atoms with E-state index in [0.717, 1.165) is 11.3 Å². The molecule has 12 heavy (non-hydrogen) atoms. The van der Waals surface area contributed by atoms with E-state index >= 15 is 0 Å². The van der Waals surface area contributed by atoms with Crippen molar-refractivity contribution < 1.29 is 13.6 Å². The molecule has 1 N–H and O–H groups in total. The topological polar surface area (TPSA) is 54.4 Å². The van der Waals surface area contributed by atoms with Crippen molar-refractivity contribution >= 4 is 44.1 Å². The molecule has 0 aliphatic heterocycles. The fraction of sp³-hybridized carbons (Fsp3) is 0.167. The number of halogens is 1. The van der Waals surface area contributed by atoms with Gasteiger partial charge in [-0.2, -0.15) is 0 Å². The van der Waals surface area contributed by atoms with Gasteiger partial charge in [0, 0.05) is 5.56 Å². The first-order valence-electron chi connectivity index (χ1n) is 2.94. The highest BCUT2D eigenvalue weighted by atomic mass is 79.9. The van der Waals surface area contributed by atoms with E-state index in [-0.39, 0.29) is 15.3 Å². The Labute approximate surface area is 84.2 Å². The van der Waals surface area contributed by atoms with Crippen molar-refractivity contribution in [2.45, 2.75) is 4.21 Å². The van der Waals surface area contributed by atoms with Gasteiger partial charge in [0.25, 0.3) is 0 Å². The molecule has 1 rings (SSSR count). The fourth-order valence-electron chi connectivity index (χ4n) is 0.709. The zero-order valence-electron chi connectivity index (χ0n) is 5.82. The van der Waals surface area contributed by atoms with E-state index in [1.165, 1.54) is 0 Å². The predicted molar refractivity (Wildman–Crippen MR) is 51.5 cm³/mol. The van der Waals surface area contributed by atoms with Gasteiger partial charge in [0.2, 0.25) is 0 Å². The lowest BCUT2D eigenvalue weighted by Gasteiger charge is -1.94. The van der Waals surface area contributed by atoms with Gasteiger partial charge in [0.05, 0.1) is 5.33 Å². The minimum atomic E-state index is -2.05. The van der Waals surface area contributed by atoms with Crippen LogP contribution in [0.4, 0.5) is 0 Å². The molecule has 0 fully saturated rings. The Kier molecular flexibility index (Phi) is 3.57. The van der Waals surface area contributed by atoms with E-state index in [2.05, 4.69) is 15.9 Å². The standard InChI is InChI=1S/C6H5BrO3S2/c7-3-5(8)4-1-2-11-6(4)12(9)10/h1-2H,3H2,(H,9,10). The zero-order valence-corrected chi connectivity index (χ0v) is 9.04. The van der Waals surface area contributed by atoms with Crippen LogP contribution in [0.1, 0.15) is 10.4 Å². The van der Waals surface area contributed by atoms with E-state index in [1.807, 2.05) is 0 Å². The molecule has 6 heteroatoms. The maximum Gasteiger partial charge on any atom is 0.197 e. The lowest BCUT2D eigenvalue weighted by Crippen LogP contribution is -2.02. The first-order chi connectivity index (χ1) is 5.66. The van der Waals surface area contributed by atoms with Gasteiger partial charge >= 0.3 is 0 Å². The van der Waals surface area contributed by atoms with Crippen molar-refractivity contribution in [3.05, 3.63) is 17.0 Å². The largest absolute Gasteiger partial charge is 0.302 e. The lowest BCUT2D eigenvalue weighted by atomic mass is 10.2. The minimum absolute atomic E-state index is 0.173. The average Bonchev–Trinajstić information content (AvgIpc) is 2.50. The quantitative estimate of drug-likeness (QED) is 0.518. The minimum Gasteiger partial charge on any atom is -0.302 e. The summed E-state index contributed by atoms with van der Waals surface area (Å²) in [6.45, 7) is 0. The highest BCUT2D eigenvalue weighted by Crippen LogP contribution is 2.20. The van der Waals surface area contributed by atoms with Gasteiger partial charge in [-0.05, 0) is 11.4 Å². The third kappa shape index (κ3) is 2.01. The monoisotopic (exact) mass is 268 g/mol. The molecule has 1 aromatic heterocycles. The number of Topliss-reactive ketones (excluding diaryl/α,β-unsaturated/α-hetero) is 1. The first kappa shape index (κ1) is 10.0. The van der Waals surface area contributed by atoms with Gasteiger partial charge in [-0.3, -0.25) is 4.79 Å². The van der Waals surface area contributed by atoms with Crippen molar-refractivity contribution in [3.63, 3.8) is 0 Å². The van der Waals surface area contributed by atoms with Crippen LogP contribution in [0.15, 0.2) is 15.7 Å². The van der Waals surface area contributed by atoms with Crippen LogP contribution >= 0.6 is 27.3 Å². The van der Waals surface area contributed by atoms with Gasteiger partial charge < -0.3 is 4.55 Å².